The van der Waals surface area contributed by atoms with E-state index in [1.165, 1.54) is 65.9 Å². The van der Waals surface area contributed by atoms with Gasteiger partial charge in [-0.1, -0.05) is 96.2 Å². The van der Waals surface area contributed by atoms with E-state index in [1.807, 2.05) is 0 Å². The number of benzene rings is 5. The fourth-order valence-electron chi connectivity index (χ4n) is 6.84. The monoisotopic (exact) mass is 600 g/mol. The summed E-state index contributed by atoms with van der Waals surface area (Å²) in [6, 6.07) is 36.5. The van der Waals surface area contributed by atoms with Crippen molar-refractivity contribution in [3.63, 3.8) is 0 Å². The zero-order chi connectivity index (χ0) is 32.7. The van der Waals surface area contributed by atoms with Crippen LogP contribution < -0.4 is 0 Å². The third-order valence-corrected chi connectivity index (χ3v) is 9.59. The predicted octanol–water partition coefficient (Wildman–Crippen LogP) is 12.5. The normalized spacial score (nSPS) is 12.5. The molecule has 0 aliphatic carbocycles. The number of nitrogens with zero attached hydrogens (tertiary/aromatic N) is 2. The number of hydrogen-bond acceptors (Lipinski definition) is 0. The molecule has 5 aromatic carbocycles. The van der Waals surface area contributed by atoms with Crippen LogP contribution in [-0.4, -0.2) is 9.13 Å². The molecule has 46 heavy (non-hydrogen) atoms. The van der Waals surface area contributed by atoms with Crippen molar-refractivity contribution in [2.45, 2.75) is 66.2 Å². The van der Waals surface area contributed by atoms with Gasteiger partial charge in [-0.25, -0.2) is 0 Å². The first-order valence-electron chi connectivity index (χ1n) is 16.3. The second kappa shape index (κ2) is 10.4. The highest BCUT2D eigenvalue weighted by Crippen LogP contribution is 2.39. The summed E-state index contributed by atoms with van der Waals surface area (Å²) < 4.78 is 4.85. The number of rotatable bonds is 4. The van der Waals surface area contributed by atoms with Crippen LogP contribution in [0.3, 0.4) is 0 Å². The highest BCUT2D eigenvalue weighted by atomic mass is 15.0. The van der Waals surface area contributed by atoms with Gasteiger partial charge in [0.1, 0.15) is 0 Å². The highest BCUT2D eigenvalue weighted by molar-refractivity contribution is 6.11. The molecule has 0 amide bonds. The smallest absolute Gasteiger partial charge is 0.0541 e. The molecule has 7 aromatic rings. The van der Waals surface area contributed by atoms with Crippen molar-refractivity contribution in [3.8, 4) is 11.4 Å². The predicted molar refractivity (Wildman–Crippen MR) is 202 cm³/mol. The largest absolute Gasteiger partial charge is 0.309 e. The number of hydrogen-bond donors (Lipinski definition) is 0. The van der Waals surface area contributed by atoms with Gasteiger partial charge in [0, 0.05) is 32.9 Å². The Kier molecular flexibility index (Phi) is 6.72. The average Bonchev–Trinajstić information content (AvgIpc) is 3.51. The van der Waals surface area contributed by atoms with Crippen molar-refractivity contribution in [2.75, 3.05) is 0 Å². The molecule has 2 aromatic heterocycles. The van der Waals surface area contributed by atoms with Crippen molar-refractivity contribution in [1.82, 2.24) is 9.13 Å². The Labute approximate surface area is 273 Å². The molecule has 0 aliphatic heterocycles. The first-order valence-corrected chi connectivity index (χ1v) is 16.3. The SMILES string of the molecule is C=C(C)c1ccc2c(c1)c1cc(C(C)(C)C)ccc1n2-c1cccc(-n2c3ccc(C(=C)C)cc3c3cc(C(C)(C)C)ccc32)c1. The van der Waals surface area contributed by atoms with Crippen molar-refractivity contribution >= 4 is 54.8 Å². The zero-order valence-electron chi connectivity index (χ0n) is 28.5. The fourth-order valence-corrected chi connectivity index (χ4v) is 6.84. The van der Waals surface area contributed by atoms with Gasteiger partial charge in [-0.3, -0.25) is 0 Å². The number of fused-ring (bicyclic) bond motifs is 6. The Morgan fingerprint density at radius 3 is 1.15 bits per heavy atom. The minimum absolute atomic E-state index is 0.0574. The van der Waals surface area contributed by atoms with Crippen LogP contribution in [0.2, 0.25) is 0 Å². The van der Waals surface area contributed by atoms with Crippen LogP contribution in [0.4, 0.5) is 0 Å². The molecule has 0 saturated heterocycles. The molecule has 0 bridgehead atoms. The molecule has 2 heteroatoms. The number of aromatic nitrogens is 2. The molecule has 0 N–H and O–H groups in total. The summed E-state index contributed by atoms with van der Waals surface area (Å²) in [4.78, 5) is 0. The zero-order valence-corrected chi connectivity index (χ0v) is 28.5. The van der Waals surface area contributed by atoms with Crippen molar-refractivity contribution in [2.24, 2.45) is 0 Å². The van der Waals surface area contributed by atoms with Gasteiger partial charge >= 0.3 is 0 Å². The van der Waals surface area contributed by atoms with E-state index in [9.17, 15) is 0 Å². The minimum atomic E-state index is 0.0574. The maximum atomic E-state index is 4.24. The van der Waals surface area contributed by atoms with E-state index >= 15 is 0 Å². The van der Waals surface area contributed by atoms with E-state index < -0.39 is 0 Å². The van der Waals surface area contributed by atoms with Gasteiger partial charge in [0.15, 0.2) is 0 Å². The van der Waals surface area contributed by atoms with Gasteiger partial charge in [0.05, 0.1) is 22.1 Å². The molecule has 0 spiro atoms. The van der Waals surface area contributed by atoms with Crippen LogP contribution in [-0.2, 0) is 10.8 Å². The maximum absolute atomic E-state index is 4.24. The van der Waals surface area contributed by atoms with E-state index in [2.05, 4.69) is 175 Å². The van der Waals surface area contributed by atoms with Crippen molar-refractivity contribution in [1.29, 1.82) is 0 Å². The Bertz CT molecular complexity index is 2210. The number of allylic oxidation sites excluding steroid dienone is 2. The Morgan fingerprint density at radius 2 is 0.804 bits per heavy atom. The molecule has 230 valence electrons. The average molecular weight is 601 g/mol. The van der Waals surface area contributed by atoms with Crippen molar-refractivity contribution in [3.05, 3.63) is 132 Å². The summed E-state index contributed by atoms with van der Waals surface area (Å²) in [5.41, 5.74) is 14.4. The highest BCUT2D eigenvalue weighted by Gasteiger charge is 2.21. The van der Waals surface area contributed by atoms with Gasteiger partial charge < -0.3 is 9.13 Å². The van der Waals surface area contributed by atoms with Crippen molar-refractivity contribution < 1.29 is 0 Å². The first-order chi connectivity index (χ1) is 21.7. The fraction of sp³-hybridized carbons (Fsp3) is 0.227. The van der Waals surface area contributed by atoms with E-state index in [0.717, 1.165) is 22.5 Å². The second-order valence-corrected chi connectivity index (χ2v) is 15.2. The molecular weight excluding hydrogens is 556 g/mol. The summed E-state index contributed by atoms with van der Waals surface area (Å²) in [5, 5.41) is 5.06. The van der Waals surface area contributed by atoms with E-state index in [1.54, 1.807) is 0 Å². The molecule has 0 saturated carbocycles. The molecule has 0 radical (unpaired) electrons. The molecule has 0 unspecified atom stereocenters. The summed E-state index contributed by atoms with van der Waals surface area (Å²) in [6.07, 6.45) is 0. The minimum Gasteiger partial charge on any atom is -0.309 e. The third-order valence-electron chi connectivity index (χ3n) is 9.59. The Hall–Kier alpha value is -4.82. The second-order valence-electron chi connectivity index (χ2n) is 15.2. The van der Waals surface area contributed by atoms with Gasteiger partial charge in [0.2, 0.25) is 0 Å². The summed E-state index contributed by atoms with van der Waals surface area (Å²) in [7, 11) is 0. The molecule has 7 rings (SSSR count). The topological polar surface area (TPSA) is 9.86 Å². The molecular formula is C44H44N2. The van der Waals surface area contributed by atoms with E-state index in [4.69, 9.17) is 0 Å². The summed E-state index contributed by atoms with van der Waals surface area (Å²) in [5.74, 6) is 0. The van der Waals surface area contributed by atoms with Crippen LogP contribution in [0.5, 0.6) is 0 Å². The molecule has 2 nitrogen and oxygen atoms in total. The first kappa shape index (κ1) is 29.9. The maximum Gasteiger partial charge on any atom is 0.0541 e. The lowest BCUT2D eigenvalue weighted by molar-refractivity contribution is 0.591. The van der Waals surface area contributed by atoms with E-state index in [-0.39, 0.29) is 10.8 Å². The van der Waals surface area contributed by atoms with Crippen LogP contribution in [0.1, 0.15) is 77.6 Å². The standard InChI is InChI=1S/C44H44N2/c1-27(2)29-14-18-39-35(22-29)37-24-31(43(5,6)7)16-20-41(37)45(39)33-12-11-13-34(26-33)46-40-19-15-30(28(3)4)23-36(40)38-25-32(44(8,9)10)17-21-42(38)46/h11-26H,1,3H2,2,4-10H3. The lowest BCUT2D eigenvalue weighted by atomic mass is 9.86. The van der Waals surface area contributed by atoms with E-state index in [0.29, 0.717) is 0 Å². The Balaban J connectivity index is 1.51. The van der Waals surface area contributed by atoms with Crippen LogP contribution in [0, 0.1) is 0 Å². The lowest BCUT2D eigenvalue weighted by Crippen LogP contribution is -2.10. The molecule has 2 heterocycles. The molecule has 0 aliphatic rings. The Morgan fingerprint density at radius 1 is 0.457 bits per heavy atom. The summed E-state index contributed by atoms with van der Waals surface area (Å²) in [6.45, 7) is 26.4. The van der Waals surface area contributed by atoms with Crippen LogP contribution in [0.15, 0.2) is 110 Å². The molecule has 0 atom stereocenters. The van der Waals surface area contributed by atoms with Gasteiger partial charge in [-0.05, 0) is 114 Å². The van der Waals surface area contributed by atoms with Gasteiger partial charge in [0.25, 0.3) is 0 Å². The summed E-state index contributed by atoms with van der Waals surface area (Å²) >= 11 is 0. The van der Waals surface area contributed by atoms with Crippen LogP contribution >= 0.6 is 0 Å². The lowest BCUT2D eigenvalue weighted by Gasteiger charge is -2.19. The van der Waals surface area contributed by atoms with Gasteiger partial charge in [-0.2, -0.15) is 0 Å². The van der Waals surface area contributed by atoms with Gasteiger partial charge in [-0.15, -0.1) is 0 Å². The molecule has 0 fully saturated rings. The van der Waals surface area contributed by atoms with Crippen LogP contribution in [0.25, 0.3) is 66.1 Å². The quantitative estimate of drug-likeness (QED) is 0.190. The third kappa shape index (κ3) is 4.79.